The van der Waals surface area contributed by atoms with Crippen LogP contribution in [0.5, 0.6) is 0 Å². The molecule has 11 rings (SSSR count). The fraction of sp³-hybridized carbons (Fsp3) is 0. The van der Waals surface area contributed by atoms with E-state index in [1.807, 2.05) is 6.07 Å². The maximum Gasteiger partial charge on any atom is 0.145 e. The Morgan fingerprint density at radius 1 is 0.382 bits per heavy atom. The third-order valence-corrected chi connectivity index (χ3v) is 11.0. The Morgan fingerprint density at radius 2 is 1.04 bits per heavy atom. The van der Waals surface area contributed by atoms with Crippen LogP contribution in [0.4, 0.5) is 17.1 Å². The summed E-state index contributed by atoms with van der Waals surface area (Å²) in [6.07, 6.45) is 0. The van der Waals surface area contributed by atoms with Crippen molar-refractivity contribution in [3.8, 4) is 27.9 Å². The maximum atomic E-state index is 6.67. The highest BCUT2D eigenvalue weighted by atomic mass is 16.3. The Bertz CT molecular complexity index is 3190. The fourth-order valence-electron chi connectivity index (χ4n) is 8.41. The summed E-state index contributed by atoms with van der Waals surface area (Å²) in [5.74, 6) is 0. The lowest BCUT2D eigenvalue weighted by Crippen LogP contribution is -2.10. The number of hydrogen-bond acceptors (Lipinski definition) is 2. The van der Waals surface area contributed by atoms with Crippen LogP contribution in [0, 0.1) is 0 Å². The van der Waals surface area contributed by atoms with Crippen molar-refractivity contribution in [1.82, 2.24) is 4.57 Å². The first-order valence-corrected chi connectivity index (χ1v) is 18.8. The molecule has 258 valence electrons. The van der Waals surface area contributed by atoms with Gasteiger partial charge in [-0.15, -0.1) is 0 Å². The molecule has 0 amide bonds. The quantitative estimate of drug-likeness (QED) is 0.172. The van der Waals surface area contributed by atoms with E-state index in [0.717, 1.165) is 66.6 Å². The van der Waals surface area contributed by atoms with Crippen LogP contribution in [0.2, 0.25) is 0 Å². The lowest BCUT2D eigenvalue weighted by Gasteiger charge is -2.27. The molecule has 9 aromatic carbocycles. The molecule has 0 bridgehead atoms. The highest BCUT2D eigenvalue weighted by Gasteiger charge is 2.21. The second kappa shape index (κ2) is 12.6. The molecule has 0 N–H and O–H groups in total. The van der Waals surface area contributed by atoms with Crippen molar-refractivity contribution >= 4 is 71.6 Å². The van der Waals surface area contributed by atoms with E-state index in [0.29, 0.717) is 0 Å². The number of fused-ring (bicyclic) bond motifs is 8. The Balaban J connectivity index is 1.08. The van der Waals surface area contributed by atoms with Gasteiger partial charge in [-0.05, 0) is 100 Å². The monoisotopic (exact) mass is 702 g/mol. The van der Waals surface area contributed by atoms with Gasteiger partial charge in [0.05, 0.1) is 16.7 Å². The molecule has 3 heteroatoms. The standard InChI is InChI=1S/C52H34N2O/c1-3-13-35(14-4-1)38-16-11-19-42(33-38)53(49-23-12-15-37-27-31-45-44-21-8-10-24-50(44)55-52(45)51(37)49)41-29-25-36(26-30-41)39-28-32-48-46(34-39)43-20-7-9-22-47(43)54(48)40-17-5-2-6-18-40/h1-34H. The van der Waals surface area contributed by atoms with Gasteiger partial charge in [-0.3, -0.25) is 0 Å². The molecule has 0 radical (unpaired) electrons. The molecule has 0 unspecified atom stereocenters. The van der Waals surface area contributed by atoms with Gasteiger partial charge in [0.15, 0.2) is 0 Å². The average Bonchev–Trinajstić information content (AvgIpc) is 3.81. The van der Waals surface area contributed by atoms with E-state index >= 15 is 0 Å². The van der Waals surface area contributed by atoms with Crippen molar-refractivity contribution in [3.63, 3.8) is 0 Å². The predicted molar refractivity (Wildman–Crippen MR) is 231 cm³/mol. The fourth-order valence-corrected chi connectivity index (χ4v) is 8.41. The molecule has 2 aromatic heterocycles. The van der Waals surface area contributed by atoms with Crippen molar-refractivity contribution in [2.75, 3.05) is 4.90 Å². The molecule has 0 aliphatic carbocycles. The number of hydrogen-bond donors (Lipinski definition) is 0. The molecule has 0 saturated carbocycles. The van der Waals surface area contributed by atoms with Crippen LogP contribution in [0.15, 0.2) is 211 Å². The van der Waals surface area contributed by atoms with Crippen LogP contribution in [0.25, 0.3) is 82.5 Å². The van der Waals surface area contributed by atoms with Crippen molar-refractivity contribution in [1.29, 1.82) is 0 Å². The van der Waals surface area contributed by atoms with E-state index in [1.165, 1.54) is 32.9 Å². The number of rotatable bonds is 6. The Labute approximate surface area is 318 Å². The molecule has 0 atom stereocenters. The molecule has 55 heavy (non-hydrogen) atoms. The normalized spacial score (nSPS) is 11.6. The van der Waals surface area contributed by atoms with Crippen LogP contribution in [-0.4, -0.2) is 4.57 Å². The molecule has 3 nitrogen and oxygen atoms in total. The molecule has 0 aliphatic heterocycles. The second-order valence-electron chi connectivity index (χ2n) is 14.1. The van der Waals surface area contributed by atoms with Gasteiger partial charge < -0.3 is 13.9 Å². The molecule has 11 aromatic rings. The minimum atomic E-state index is 0.894. The summed E-state index contributed by atoms with van der Waals surface area (Å²) in [7, 11) is 0. The average molecular weight is 703 g/mol. The van der Waals surface area contributed by atoms with Gasteiger partial charge in [0, 0.05) is 44.0 Å². The van der Waals surface area contributed by atoms with Gasteiger partial charge in [-0.2, -0.15) is 0 Å². The Morgan fingerprint density at radius 3 is 1.89 bits per heavy atom. The minimum Gasteiger partial charge on any atom is -0.455 e. The lowest BCUT2D eigenvalue weighted by atomic mass is 10.00. The first-order valence-electron chi connectivity index (χ1n) is 18.8. The smallest absolute Gasteiger partial charge is 0.145 e. The highest BCUT2D eigenvalue weighted by molar-refractivity contribution is 6.19. The summed E-state index contributed by atoms with van der Waals surface area (Å²) in [6, 6.07) is 73.9. The molecule has 0 fully saturated rings. The molecule has 2 heterocycles. The number of benzene rings is 9. The summed E-state index contributed by atoms with van der Waals surface area (Å²) >= 11 is 0. The van der Waals surface area contributed by atoms with E-state index in [-0.39, 0.29) is 0 Å². The largest absolute Gasteiger partial charge is 0.455 e. The molecular formula is C52H34N2O. The summed E-state index contributed by atoms with van der Waals surface area (Å²) in [5.41, 5.74) is 13.3. The zero-order valence-corrected chi connectivity index (χ0v) is 29.9. The van der Waals surface area contributed by atoms with Gasteiger partial charge >= 0.3 is 0 Å². The molecule has 0 spiro atoms. The predicted octanol–water partition coefficient (Wildman–Crippen LogP) is 14.6. The summed E-state index contributed by atoms with van der Waals surface area (Å²) in [4.78, 5) is 2.38. The van der Waals surface area contributed by atoms with E-state index in [1.54, 1.807) is 0 Å². The lowest BCUT2D eigenvalue weighted by molar-refractivity contribution is 0.672. The van der Waals surface area contributed by atoms with Crippen molar-refractivity contribution in [2.24, 2.45) is 0 Å². The van der Waals surface area contributed by atoms with E-state index in [2.05, 4.69) is 210 Å². The summed E-state index contributed by atoms with van der Waals surface area (Å²) in [5, 5.41) is 6.95. The SMILES string of the molecule is c1ccc(-c2cccc(N(c3ccc(-c4ccc5c(c4)c4ccccc4n5-c4ccccc4)cc3)c3cccc4ccc5c6ccccc6oc5c34)c2)cc1. The van der Waals surface area contributed by atoms with Gasteiger partial charge in [-0.1, -0.05) is 133 Å². The minimum absolute atomic E-state index is 0.894. The number of anilines is 3. The number of para-hydroxylation sites is 3. The molecule has 0 aliphatic rings. The highest BCUT2D eigenvalue weighted by Crippen LogP contribution is 2.45. The second-order valence-corrected chi connectivity index (χ2v) is 14.1. The Hall–Kier alpha value is -7.36. The maximum absolute atomic E-state index is 6.67. The van der Waals surface area contributed by atoms with Gasteiger partial charge in [0.2, 0.25) is 0 Å². The van der Waals surface area contributed by atoms with Crippen LogP contribution >= 0.6 is 0 Å². The van der Waals surface area contributed by atoms with Gasteiger partial charge in [-0.25, -0.2) is 0 Å². The number of nitrogens with zero attached hydrogens (tertiary/aromatic N) is 2. The van der Waals surface area contributed by atoms with E-state index < -0.39 is 0 Å². The van der Waals surface area contributed by atoms with Gasteiger partial charge in [0.25, 0.3) is 0 Å². The van der Waals surface area contributed by atoms with Crippen molar-refractivity contribution in [2.45, 2.75) is 0 Å². The van der Waals surface area contributed by atoms with Gasteiger partial charge in [0.1, 0.15) is 11.2 Å². The van der Waals surface area contributed by atoms with Crippen molar-refractivity contribution in [3.05, 3.63) is 206 Å². The number of furan rings is 1. The third-order valence-electron chi connectivity index (χ3n) is 11.0. The summed E-state index contributed by atoms with van der Waals surface area (Å²) < 4.78 is 9.03. The number of aromatic nitrogens is 1. The zero-order valence-electron chi connectivity index (χ0n) is 29.9. The van der Waals surface area contributed by atoms with E-state index in [9.17, 15) is 0 Å². The van der Waals surface area contributed by atoms with Crippen LogP contribution in [0.3, 0.4) is 0 Å². The topological polar surface area (TPSA) is 21.3 Å². The van der Waals surface area contributed by atoms with E-state index in [4.69, 9.17) is 4.42 Å². The van der Waals surface area contributed by atoms with Crippen LogP contribution < -0.4 is 4.90 Å². The molecular weight excluding hydrogens is 669 g/mol. The molecule has 0 saturated heterocycles. The Kier molecular flexibility index (Phi) is 7.17. The van der Waals surface area contributed by atoms with Crippen LogP contribution in [-0.2, 0) is 0 Å². The zero-order chi connectivity index (χ0) is 36.3. The first kappa shape index (κ1) is 31.2. The van der Waals surface area contributed by atoms with Crippen LogP contribution in [0.1, 0.15) is 0 Å². The van der Waals surface area contributed by atoms with Crippen molar-refractivity contribution < 1.29 is 4.42 Å². The first-order chi connectivity index (χ1) is 27.3. The third kappa shape index (κ3) is 5.13. The summed E-state index contributed by atoms with van der Waals surface area (Å²) in [6.45, 7) is 0.